The smallest absolute Gasteiger partial charge is 0.313 e. The Bertz CT molecular complexity index is 407. The van der Waals surface area contributed by atoms with Crippen LogP contribution in [0.4, 0.5) is 13.2 Å². The zero-order chi connectivity index (χ0) is 14.6. The average molecular weight is 285 g/mol. The minimum atomic E-state index is -4.24. The van der Waals surface area contributed by atoms with Crippen LogP contribution in [0.3, 0.4) is 0 Å². The summed E-state index contributed by atoms with van der Waals surface area (Å²) >= 11 is 0. The molecule has 112 valence electrons. The Hall–Kier alpha value is -1.03. The van der Waals surface area contributed by atoms with Crippen molar-refractivity contribution in [3.63, 3.8) is 0 Å². The second kappa shape index (κ2) is 6.61. The Morgan fingerprint density at radius 2 is 1.85 bits per heavy atom. The number of hydrogen-bond acceptors (Lipinski definition) is 1. The topological polar surface area (TPSA) is 12.0 Å². The second-order valence-electron chi connectivity index (χ2n) is 5.65. The largest absolute Gasteiger partial charge is 0.416 e. The van der Waals surface area contributed by atoms with Gasteiger partial charge in [0.2, 0.25) is 0 Å². The van der Waals surface area contributed by atoms with Crippen molar-refractivity contribution < 1.29 is 13.2 Å². The van der Waals surface area contributed by atoms with Gasteiger partial charge in [0.25, 0.3) is 0 Å². The van der Waals surface area contributed by atoms with Crippen LogP contribution in [-0.2, 0) is 12.6 Å². The normalized spacial score (nSPS) is 17.8. The van der Waals surface area contributed by atoms with Crippen molar-refractivity contribution in [3.8, 4) is 0 Å². The van der Waals surface area contributed by atoms with Gasteiger partial charge in [0.15, 0.2) is 0 Å². The summed E-state index contributed by atoms with van der Waals surface area (Å²) in [4.78, 5) is 0. The first-order chi connectivity index (χ1) is 9.50. The number of benzene rings is 1. The van der Waals surface area contributed by atoms with Crippen molar-refractivity contribution >= 4 is 0 Å². The summed E-state index contributed by atoms with van der Waals surface area (Å²) in [5.41, 5.74) is 0.418. The Balaban J connectivity index is 1.98. The highest BCUT2D eigenvalue weighted by Crippen LogP contribution is 2.32. The number of nitrogens with one attached hydrogen (secondary N) is 1. The predicted octanol–water partition coefficient (Wildman–Crippen LogP) is 4.42. The van der Waals surface area contributed by atoms with E-state index in [9.17, 15) is 13.2 Å². The summed E-state index contributed by atoms with van der Waals surface area (Å²) in [6.45, 7) is 3.10. The lowest BCUT2D eigenvalue weighted by Gasteiger charge is -2.34. The number of rotatable bonds is 6. The molecule has 0 amide bonds. The maximum atomic E-state index is 12.5. The molecule has 0 bridgehead atoms. The number of alkyl halides is 3. The highest BCUT2D eigenvalue weighted by molar-refractivity contribution is 5.25. The Labute approximate surface area is 118 Å². The summed E-state index contributed by atoms with van der Waals surface area (Å²) < 4.78 is 37.6. The lowest BCUT2D eigenvalue weighted by atomic mass is 9.77. The minimum absolute atomic E-state index is 0.403. The first kappa shape index (κ1) is 15.4. The van der Waals surface area contributed by atoms with E-state index in [1.165, 1.54) is 31.4 Å². The van der Waals surface area contributed by atoms with Crippen LogP contribution in [0.5, 0.6) is 0 Å². The van der Waals surface area contributed by atoms with E-state index in [4.69, 9.17) is 0 Å². The van der Waals surface area contributed by atoms with E-state index in [1.807, 2.05) is 0 Å². The molecule has 0 saturated heterocycles. The van der Waals surface area contributed by atoms with Crippen molar-refractivity contribution in [1.82, 2.24) is 5.32 Å². The lowest BCUT2D eigenvalue weighted by molar-refractivity contribution is -0.137. The summed E-state index contributed by atoms with van der Waals surface area (Å²) in [5, 5.41) is 3.54. The summed E-state index contributed by atoms with van der Waals surface area (Å²) in [7, 11) is 0. The maximum absolute atomic E-state index is 12.5. The molecule has 0 aliphatic heterocycles. The van der Waals surface area contributed by atoms with Crippen LogP contribution >= 0.6 is 0 Å². The molecule has 1 unspecified atom stereocenters. The summed E-state index contributed by atoms with van der Waals surface area (Å²) in [6, 6.07) is 6.00. The van der Waals surface area contributed by atoms with Crippen molar-refractivity contribution in [2.24, 2.45) is 5.92 Å². The van der Waals surface area contributed by atoms with Crippen molar-refractivity contribution in [1.29, 1.82) is 0 Å². The monoisotopic (exact) mass is 285 g/mol. The number of halogens is 3. The van der Waals surface area contributed by atoms with Gasteiger partial charge in [-0.1, -0.05) is 25.5 Å². The van der Waals surface area contributed by atoms with Crippen molar-refractivity contribution in [2.75, 3.05) is 6.54 Å². The van der Waals surface area contributed by atoms with Gasteiger partial charge in [0, 0.05) is 6.04 Å². The zero-order valence-electron chi connectivity index (χ0n) is 11.8. The SMILES string of the molecule is CCCNC(Cc1ccc(C(F)(F)F)cc1)C1CCC1. The molecule has 0 aromatic heterocycles. The molecular formula is C16H22F3N. The molecule has 1 aliphatic rings. The first-order valence-electron chi connectivity index (χ1n) is 7.40. The molecular weight excluding hydrogens is 263 g/mol. The van der Waals surface area contributed by atoms with E-state index in [2.05, 4.69) is 12.2 Å². The van der Waals surface area contributed by atoms with Gasteiger partial charge in [-0.15, -0.1) is 0 Å². The molecule has 1 N–H and O–H groups in total. The maximum Gasteiger partial charge on any atom is 0.416 e. The third kappa shape index (κ3) is 3.98. The van der Waals surface area contributed by atoms with Crippen LogP contribution in [0.1, 0.15) is 43.7 Å². The van der Waals surface area contributed by atoms with E-state index in [0.29, 0.717) is 12.0 Å². The molecule has 1 atom stereocenters. The predicted molar refractivity (Wildman–Crippen MR) is 74.6 cm³/mol. The molecule has 1 aliphatic carbocycles. The molecule has 1 saturated carbocycles. The lowest BCUT2D eigenvalue weighted by Crippen LogP contribution is -2.41. The standard InChI is InChI=1S/C16H22F3N/c1-2-10-20-15(13-4-3-5-13)11-12-6-8-14(9-7-12)16(17,18)19/h6-9,13,15,20H,2-5,10-11H2,1H3. The van der Waals surface area contributed by atoms with Gasteiger partial charge < -0.3 is 5.32 Å². The third-order valence-corrected chi connectivity index (χ3v) is 4.11. The molecule has 0 spiro atoms. The van der Waals surface area contributed by atoms with Gasteiger partial charge in [0.05, 0.1) is 5.56 Å². The van der Waals surface area contributed by atoms with E-state index in [1.54, 1.807) is 12.1 Å². The van der Waals surface area contributed by atoms with Crippen molar-refractivity contribution in [3.05, 3.63) is 35.4 Å². The molecule has 1 aromatic rings. The van der Waals surface area contributed by atoms with Gasteiger partial charge in [-0.2, -0.15) is 13.2 Å². The molecule has 0 radical (unpaired) electrons. The van der Waals surface area contributed by atoms with E-state index in [-0.39, 0.29) is 0 Å². The minimum Gasteiger partial charge on any atom is -0.313 e. The summed E-state index contributed by atoms with van der Waals surface area (Å²) in [6.07, 6.45) is 1.41. The highest BCUT2D eigenvalue weighted by Gasteiger charge is 2.30. The van der Waals surface area contributed by atoms with Crippen LogP contribution in [0, 0.1) is 5.92 Å². The fourth-order valence-corrected chi connectivity index (χ4v) is 2.66. The van der Waals surface area contributed by atoms with Crippen molar-refractivity contribution in [2.45, 2.75) is 51.2 Å². The Morgan fingerprint density at radius 3 is 2.30 bits per heavy atom. The molecule has 1 fully saturated rings. The van der Waals surface area contributed by atoms with Gasteiger partial charge in [0.1, 0.15) is 0 Å². The molecule has 20 heavy (non-hydrogen) atoms. The van der Waals surface area contributed by atoms with Crippen LogP contribution in [0.2, 0.25) is 0 Å². The zero-order valence-corrected chi connectivity index (χ0v) is 11.8. The van der Waals surface area contributed by atoms with Crippen LogP contribution in [0.25, 0.3) is 0 Å². The highest BCUT2D eigenvalue weighted by atomic mass is 19.4. The van der Waals surface area contributed by atoms with E-state index in [0.717, 1.165) is 24.9 Å². The molecule has 0 heterocycles. The fourth-order valence-electron chi connectivity index (χ4n) is 2.66. The van der Waals surface area contributed by atoms with E-state index >= 15 is 0 Å². The Morgan fingerprint density at radius 1 is 1.20 bits per heavy atom. The molecule has 1 aromatic carbocycles. The van der Waals surface area contributed by atoms with Gasteiger partial charge in [-0.25, -0.2) is 0 Å². The van der Waals surface area contributed by atoms with Crippen LogP contribution in [-0.4, -0.2) is 12.6 Å². The Kier molecular flexibility index (Phi) is 5.08. The second-order valence-corrected chi connectivity index (χ2v) is 5.65. The third-order valence-electron chi connectivity index (χ3n) is 4.11. The average Bonchev–Trinajstić information content (AvgIpc) is 2.33. The fraction of sp³-hybridized carbons (Fsp3) is 0.625. The molecule has 2 rings (SSSR count). The van der Waals surface area contributed by atoms with Gasteiger partial charge in [-0.3, -0.25) is 0 Å². The van der Waals surface area contributed by atoms with Crippen LogP contribution < -0.4 is 5.32 Å². The molecule has 1 nitrogen and oxygen atoms in total. The van der Waals surface area contributed by atoms with Gasteiger partial charge >= 0.3 is 6.18 Å². The summed E-state index contributed by atoms with van der Waals surface area (Å²) in [5.74, 6) is 0.684. The number of hydrogen-bond donors (Lipinski definition) is 1. The van der Waals surface area contributed by atoms with Crippen LogP contribution in [0.15, 0.2) is 24.3 Å². The first-order valence-corrected chi connectivity index (χ1v) is 7.40. The van der Waals surface area contributed by atoms with E-state index < -0.39 is 11.7 Å². The molecule has 4 heteroatoms. The quantitative estimate of drug-likeness (QED) is 0.816. The van der Waals surface area contributed by atoms with Gasteiger partial charge in [-0.05, 0) is 55.8 Å².